The van der Waals surface area contributed by atoms with Crippen LogP contribution in [0.3, 0.4) is 0 Å². The van der Waals surface area contributed by atoms with Crippen LogP contribution in [0.1, 0.15) is 34.1 Å². The van der Waals surface area contributed by atoms with Gasteiger partial charge in [-0.15, -0.1) is 0 Å². The first-order chi connectivity index (χ1) is 4.95. The van der Waals surface area contributed by atoms with Gasteiger partial charge in [0.25, 0.3) is 0 Å². The molecule has 0 aliphatic heterocycles. The SMILES string of the molecule is CCC(=O)COCC(C)(C)C. The third kappa shape index (κ3) is 7.53. The summed E-state index contributed by atoms with van der Waals surface area (Å²) in [7, 11) is 0. The average molecular weight is 158 g/mol. The first kappa shape index (κ1) is 10.6. The van der Waals surface area contributed by atoms with Crippen LogP contribution < -0.4 is 0 Å². The van der Waals surface area contributed by atoms with Gasteiger partial charge in [-0.1, -0.05) is 27.7 Å². The Hall–Kier alpha value is -0.370. The largest absolute Gasteiger partial charge is 0.373 e. The quantitative estimate of drug-likeness (QED) is 0.625. The zero-order chi connectivity index (χ0) is 8.91. The van der Waals surface area contributed by atoms with Gasteiger partial charge >= 0.3 is 0 Å². The minimum Gasteiger partial charge on any atom is -0.373 e. The number of Topliss-reactive ketones (excluding diaryl/α,β-unsaturated/α-hetero) is 1. The maximum Gasteiger partial charge on any atom is 0.158 e. The van der Waals surface area contributed by atoms with Gasteiger partial charge in [0.15, 0.2) is 5.78 Å². The third-order valence-electron chi connectivity index (χ3n) is 1.19. The number of ketones is 1. The Bertz CT molecular complexity index is 122. The molecule has 0 atom stereocenters. The number of hydrogen-bond donors (Lipinski definition) is 0. The first-order valence-electron chi connectivity index (χ1n) is 4.05. The van der Waals surface area contributed by atoms with Crippen LogP contribution >= 0.6 is 0 Å². The highest BCUT2D eigenvalue weighted by Crippen LogP contribution is 2.12. The maximum absolute atomic E-state index is 10.8. The zero-order valence-electron chi connectivity index (χ0n) is 7.94. The second-order valence-electron chi connectivity index (χ2n) is 3.95. The molecule has 0 saturated carbocycles. The van der Waals surface area contributed by atoms with Gasteiger partial charge in [-0.05, 0) is 5.41 Å². The zero-order valence-corrected chi connectivity index (χ0v) is 7.94. The van der Waals surface area contributed by atoms with E-state index >= 15 is 0 Å². The van der Waals surface area contributed by atoms with Gasteiger partial charge in [0.2, 0.25) is 0 Å². The van der Waals surface area contributed by atoms with Crippen LogP contribution in [0, 0.1) is 5.41 Å². The van der Waals surface area contributed by atoms with Crippen molar-refractivity contribution in [2.75, 3.05) is 13.2 Å². The Labute approximate surface area is 68.9 Å². The van der Waals surface area contributed by atoms with Gasteiger partial charge in [-0.2, -0.15) is 0 Å². The van der Waals surface area contributed by atoms with Gasteiger partial charge < -0.3 is 4.74 Å². The van der Waals surface area contributed by atoms with Gasteiger partial charge in [0.1, 0.15) is 6.61 Å². The fraction of sp³-hybridized carbons (Fsp3) is 0.889. The van der Waals surface area contributed by atoms with Crippen LogP contribution in [0.15, 0.2) is 0 Å². The summed E-state index contributed by atoms with van der Waals surface area (Å²) in [6.45, 7) is 9.03. The predicted molar refractivity (Wildman–Crippen MR) is 45.6 cm³/mol. The van der Waals surface area contributed by atoms with E-state index in [0.29, 0.717) is 13.0 Å². The van der Waals surface area contributed by atoms with E-state index in [9.17, 15) is 4.79 Å². The molecule has 2 nitrogen and oxygen atoms in total. The summed E-state index contributed by atoms with van der Waals surface area (Å²) in [5.74, 6) is 0.175. The standard InChI is InChI=1S/C9H18O2/c1-5-8(10)6-11-7-9(2,3)4/h5-7H2,1-4H3. The molecule has 0 aromatic rings. The summed E-state index contributed by atoms with van der Waals surface area (Å²) < 4.78 is 5.20. The molecule has 0 amide bonds. The van der Waals surface area contributed by atoms with Crippen molar-refractivity contribution in [3.63, 3.8) is 0 Å². The van der Waals surface area contributed by atoms with Crippen LogP contribution in [0.2, 0.25) is 0 Å². The molecular formula is C9H18O2. The summed E-state index contributed by atoms with van der Waals surface area (Å²) in [4.78, 5) is 10.8. The Kier molecular flexibility index (Phi) is 4.34. The summed E-state index contributed by atoms with van der Waals surface area (Å²) >= 11 is 0. The number of carbonyl (C=O) groups is 1. The van der Waals surface area contributed by atoms with Gasteiger partial charge in [-0.25, -0.2) is 0 Å². The van der Waals surface area contributed by atoms with Crippen LogP contribution in [0.5, 0.6) is 0 Å². The highest BCUT2D eigenvalue weighted by atomic mass is 16.5. The minimum absolute atomic E-state index is 0.161. The summed E-state index contributed by atoms with van der Waals surface area (Å²) in [6, 6.07) is 0. The Morgan fingerprint density at radius 2 is 1.91 bits per heavy atom. The smallest absolute Gasteiger partial charge is 0.158 e. The molecule has 0 aromatic carbocycles. The molecule has 0 aliphatic carbocycles. The average Bonchev–Trinajstić information content (AvgIpc) is 1.85. The molecule has 0 saturated heterocycles. The molecule has 0 spiro atoms. The summed E-state index contributed by atoms with van der Waals surface area (Å²) in [5.41, 5.74) is 0.161. The lowest BCUT2D eigenvalue weighted by atomic mass is 9.99. The molecule has 0 aliphatic rings. The molecule has 2 heteroatoms. The Morgan fingerprint density at radius 1 is 1.36 bits per heavy atom. The molecule has 11 heavy (non-hydrogen) atoms. The van der Waals surface area contributed by atoms with E-state index < -0.39 is 0 Å². The lowest BCUT2D eigenvalue weighted by molar-refractivity contribution is -0.124. The minimum atomic E-state index is 0.161. The van der Waals surface area contributed by atoms with E-state index in [-0.39, 0.29) is 17.8 Å². The predicted octanol–water partition coefficient (Wildman–Crippen LogP) is 2.03. The van der Waals surface area contributed by atoms with Crippen molar-refractivity contribution in [1.82, 2.24) is 0 Å². The Balaban J connectivity index is 3.35. The molecule has 0 fully saturated rings. The van der Waals surface area contributed by atoms with E-state index in [4.69, 9.17) is 4.74 Å². The molecule has 66 valence electrons. The normalized spacial score (nSPS) is 11.6. The molecular weight excluding hydrogens is 140 g/mol. The topological polar surface area (TPSA) is 26.3 Å². The summed E-state index contributed by atoms with van der Waals surface area (Å²) in [5, 5.41) is 0. The maximum atomic E-state index is 10.8. The number of carbonyl (C=O) groups excluding carboxylic acids is 1. The molecule has 0 heterocycles. The first-order valence-corrected chi connectivity index (χ1v) is 4.05. The molecule has 0 bridgehead atoms. The van der Waals surface area contributed by atoms with Crippen molar-refractivity contribution in [2.24, 2.45) is 5.41 Å². The fourth-order valence-corrected chi connectivity index (χ4v) is 0.573. The van der Waals surface area contributed by atoms with Crippen molar-refractivity contribution in [3.8, 4) is 0 Å². The van der Waals surface area contributed by atoms with E-state index in [1.807, 2.05) is 6.92 Å². The number of ether oxygens (including phenoxy) is 1. The Morgan fingerprint density at radius 3 is 2.27 bits per heavy atom. The van der Waals surface area contributed by atoms with E-state index in [2.05, 4.69) is 20.8 Å². The molecule has 0 N–H and O–H groups in total. The van der Waals surface area contributed by atoms with Gasteiger partial charge in [-0.3, -0.25) is 4.79 Å². The monoisotopic (exact) mass is 158 g/mol. The van der Waals surface area contributed by atoms with E-state index in [1.165, 1.54) is 0 Å². The second kappa shape index (κ2) is 4.50. The second-order valence-corrected chi connectivity index (χ2v) is 3.95. The highest BCUT2D eigenvalue weighted by Gasteiger charge is 2.10. The lowest BCUT2D eigenvalue weighted by Gasteiger charge is -2.17. The van der Waals surface area contributed by atoms with Crippen molar-refractivity contribution < 1.29 is 9.53 Å². The summed E-state index contributed by atoms with van der Waals surface area (Å²) in [6.07, 6.45) is 0.574. The molecule has 0 aromatic heterocycles. The van der Waals surface area contributed by atoms with E-state index in [1.54, 1.807) is 0 Å². The van der Waals surface area contributed by atoms with Crippen LogP contribution in [-0.2, 0) is 9.53 Å². The lowest BCUT2D eigenvalue weighted by Crippen LogP contribution is -2.18. The van der Waals surface area contributed by atoms with E-state index in [0.717, 1.165) is 0 Å². The molecule has 0 radical (unpaired) electrons. The van der Waals surface area contributed by atoms with Crippen molar-refractivity contribution in [1.29, 1.82) is 0 Å². The van der Waals surface area contributed by atoms with Crippen molar-refractivity contribution >= 4 is 5.78 Å². The van der Waals surface area contributed by atoms with Crippen molar-refractivity contribution in [3.05, 3.63) is 0 Å². The van der Waals surface area contributed by atoms with Gasteiger partial charge in [0, 0.05) is 6.42 Å². The van der Waals surface area contributed by atoms with Crippen LogP contribution in [-0.4, -0.2) is 19.0 Å². The van der Waals surface area contributed by atoms with Gasteiger partial charge in [0.05, 0.1) is 6.61 Å². The fourth-order valence-electron chi connectivity index (χ4n) is 0.573. The molecule has 0 rings (SSSR count). The third-order valence-corrected chi connectivity index (χ3v) is 1.19. The number of rotatable bonds is 4. The van der Waals surface area contributed by atoms with Crippen LogP contribution in [0.25, 0.3) is 0 Å². The highest BCUT2D eigenvalue weighted by molar-refractivity contribution is 5.79. The number of hydrogen-bond acceptors (Lipinski definition) is 2. The van der Waals surface area contributed by atoms with Crippen LogP contribution in [0.4, 0.5) is 0 Å². The molecule has 0 unspecified atom stereocenters. The van der Waals surface area contributed by atoms with Crippen molar-refractivity contribution in [2.45, 2.75) is 34.1 Å².